The highest BCUT2D eigenvalue weighted by molar-refractivity contribution is 5.92. The summed E-state index contributed by atoms with van der Waals surface area (Å²) < 4.78 is 5.43. The number of unbranched alkanes of at least 4 members (excludes halogenated alkanes) is 2. The van der Waals surface area contributed by atoms with E-state index in [1.807, 2.05) is 27.7 Å². The Labute approximate surface area is 217 Å². The molecule has 204 valence electrons. The van der Waals surface area contributed by atoms with E-state index in [4.69, 9.17) is 4.74 Å². The van der Waals surface area contributed by atoms with Crippen LogP contribution in [0.2, 0.25) is 0 Å². The summed E-state index contributed by atoms with van der Waals surface area (Å²) in [5, 5.41) is 15.6. The van der Waals surface area contributed by atoms with Crippen molar-refractivity contribution in [1.82, 2.24) is 15.5 Å². The molecule has 0 aliphatic carbocycles. The molecule has 8 heteroatoms. The second-order valence-electron chi connectivity index (χ2n) is 10.5. The zero-order valence-corrected chi connectivity index (χ0v) is 23.4. The number of nitrogens with zero attached hydrogens (tertiary/aromatic N) is 1. The van der Waals surface area contributed by atoms with Crippen LogP contribution in [0.5, 0.6) is 5.75 Å². The molecule has 4 unspecified atom stereocenters. The van der Waals surface area contributed by atoms with E-state index in [-0.39, 0.29) is 29.5 Å². The van der Waals surface area contributed by atoms with E-state index in [0.717, 1.165) is 19.3 Å². The Balaban J connectivity index is 3.46. The second kappa shape index (κ2) is 14.7. The average molecular weight is 506 g/mol. The Kier molecular flexibility index (Phi) is 12.8. The van der Waals surface area contributed by atoms with Gasteiger partial charge in [0, 0.05) is 12.6 Å². The number of alkyl carbamates (subject to hydrolysis) is 1. The van der Waals surface area contributed by atoms with E-state index in [1.165, 1.54) is 12.1 Å². The van der Waals surface area contributed by atoms with E-state index in [9.17, 15) is 19.5 Å². The highest BCUT2D eigenvalue weighted by Crippen LogP contribution is 2.29. The zero-order valence-electron chi connectivity index (χ0n) is 23.4. The van der Waals surface area contributed by atoms with Gasteiger partial charge in [-0.3, -0.25) is 9.59 Å². The summed E-state index contributed by atoms with van der Waals surface area (Å²) in [5.74, 6) is -0.743. The van der Waals surface area contributed by atoms with Crippen LogP contribution in [-0.4, -0.2) is 52.1 Å². The second-order valence-corrected chi connectivity index (χ2v) is 10.5. The van der Waals surface area contributed by atoms with Crippen molar-refractivity contribution in [2.24, 2.45) is 5.92 Å². The number of carbonyl (C=O) groups is 3. The van der Waals surface area contributed by atoms with Gasteiger partial charge in [0.2, 0.25) is 11.8 Å². The molecule has 1 aromatic rings. The van der Waals surface area contributed by atoms with Gasteiger partial charge in [-0.25, -0.2) is 4.79 Å². The predicted octanol–water partition coefficient (Wildman–Crippen LogP) is 5.31. The lowest BCUT2D eigenvalue weighted by Gasteiger charge is -2.39. The Morgan fingerprint density at radius 3 is 2.11 bits per heavy atom. The molecule has 1 rings (SSSR count). The van der Waals surface area contributed by atoms with Crippen molar-refractivity contribution in [3.8, 4) is 5.75 Å². The molecule has 0 heterocycles. The molecule has 0 radical (unpaired) electrons. The van der Waals surface area contributed by atoms with Crippen molar-refractivity contribution < 1.29 is 24.2 Å². The van der Waals surface area contributed by atoms with Gasteiger partial charge in [-0.1, -0.05) is 59.1 Å². The number of hydrogen-bond donors (Lipinski definition) is 3. The third-order valence-electron chi connectivity index (χ3n) is 6.29. The molecule has 0 aromatic heterocycles. The van der Waals surface area contributed by atoms with Crippen LogP contribution in [0.15, 0.2) is 24.3 Å². The summed E-state index contributed by atoms with van der Waals surface area (Å²) in [6.45, 7) is 15.6. The Morgan fingerprint density at radius 2 is 1.61 bits per heavy atom. The average Bonchev–Trinajstić information content (AvgIpc) is 2.81. The molecular weight excluding hydrogens is 458 g/mol. The zero-order chi connectivity index (χ0) is 27.5. The van der Waals surface area contributed by atoms with Crippen LogP contribution < -0.4 is 10.6 Å². The summed E-state index contributed by atoms with van der Waals surface area (Å²) in [6.07, 6.45) is 3.46. The number of phenolic OH excluding ortho intramolecular Hbond substituents is 1. The molecule has 0 aliphatic rings. The van der Waals surface area contributed by atoms with Crippen molar-refractivity contribution in [2.75, 3.05) is 6.54 Å². The summed E-state index contributed by atoms with van der Waals surface area (Å²) in [7, 11) is 0. The molecule has 0 saturated heterocycles. The molecule has 4 atom stereocenters. The quantitative estimate of drug-likeness (QED) is 0.315. The maximum Gasteiger partial charge on any atom is 0.408 e. The first kappa shape index (κ1) is 31.3. The molecule has 0 aliphatic heterocycles. The molecule has 3 N–H and O–H groups in total. The first-order valence-electron chi connectivity index (χ1n) is 13.2. The summed E-state index contributed by atoms with van der Waals surface area (Å²) >= 11 is 0. The number of carbonyl (C=O) groups excluding carboxylic acids is 3. The Morgan fingerprint density at radius 1 is 1.00 bits per heavy atom. The highest BCUT2D eigenvalue weighted by Gasteiger charge is 2.40. The van der Waals surface area contributed by atoms with Gasteiger partial charge in [0.1, 0.15) is 23.4 Å². The molecule has 8 nitrogen and oxygen atoms in total. The number of nitrogens with one attached hydrogen (secondary N) is 2. The molecule has 36 heavy (non-hydrogen) atoms. The van der Waals surface area contributed by atoms with Gasteiger partial charge < -0.3 is 25.4 Å². The SMILES string of the molecule is CCCCCNC(=O)C(c1ccc(O)cc1)N(C(=O)C(NC(=O)OC(C)(C)C)C(C)CC)C(C)CC. The van der Waals surface area contributed by atoms with Crippen LogP contribution in [0, 0.1) is 5.92 Å². The summed E-state index contributed by atoms with van der Waals surface area (Å²) in [5.41, 5.74) is -0.120. The minimum absolute atomic E-state index is 0.0753. The van der Waals surface area contributed by atoms with E-state index in [2.05, 4.69) is 17.6 Å². The first-order chi connectivity index (χ1) is 16.9. The smallest absolute Gasteiger partial charge is 0.408 e. The van der Waals surface area contributed by atoms with Crippen LogP contribution in [-0.2, 0) is 14.3 Å². The molecule has 0 saturated carbocycles. The van der Waals surface area contributed by atoms with Crippen molar-refractivity contribution in [1.29, 1.82) is 0 Å². The maximum absolute atomic E-state index is 14.1. The van der Waals surface area contributed by atoms with E-state index < -0.39 is 23.8 Å². The number of phenols is 1. The van der Waals surface area contributed by atoms with Crippen LogP contribution in [0.3, 0.4) is 0 Å². The van der Waals surface area contributed by atoms with Gasteiger partial charge in [0.15, 0.2) is 0 Å². The van der Waals surface area contributed by atoms with Gasteiger partial charge in [-0.2, -0.15) is 0 Å². The van der Waals surface area contributed by atoms with Gasteiger partial charge in [0.25, 0.3) is 0 Å². The maximum atomic E-state index is 14.1. The molecule has 3 amide bonds. The van der Waals surface area contributed by atoms with Gasteiger partial charge in [0.05, 0.1) is 0 Å². The topological polar surface area (TPSA) is 108 Å². The van der Waals surface area contributed by atoms with E-state index in [0.29, 0.717) is 24.9 Å². The lowest BCUT2D eigenvalue weighted by Crippen LogP contribution is -2.57. The number of ether oxygens (including phenoxy) is 1. The number of aromatic hydroxyl groups is 1. The van der Waals surface area contributed by atoms with Gasteiger partial charge >= 0.3 is 6.09 Å². The van der Waals surface area contributed by atoms with Crippen molar-refractivity contribution >= 4 is 17.9 Å². The van der Waals surface area contributed by atoms with Gasteiger partial charge in [-0.05, 0) is 64.2 Å². The first-order valence-corrected chi connectivity index (χ1v) is 13.2. The Hall–Kier alpha value is -2.77. The van der Waals surface area contributed by atoms with Crippen molar-refractivity contribution in [2.45, 2.75) is 111 Å². The number of amides is 3. The highest BCUT2D eigenvalue weighted by atomic mass is 16.6. The van der Waals surface area contributed by atoms with E-state index in [1.54, 1.807) is 37.8 Å². The minimum Gasteiger partial charge on any atom is -0.508 e. The standard InChI is InChI=1S/C28H47N3O5/c1-9-12-13-18-29-25(33)24(21-14-16-22(32)17-15-21)31(20(5)11-3)26(34)23(19(4)10-2)30-27(35)36-28(6,7)8/h14-17,19-20,23-24,32H,9-13,18H2,1-8H3,(H,29,33)(H,30,35). The van der Waals surface area contributed by atoms with Crippen molar-refractivity contribution in [3.05, 3.63) is 29.8 Å². The van der Waals surface area contributed by atoms with Crippen molar-refractivity contribution in [3.63, 3.8) is 0 Å². The lowest BCUT2D eigenvalue weighted by atomic mass is 9.94. The molecular formula is C28H47N3O5. The third-order valence-corrected chi connectivity index (χ3v) is 6.29. The lowest BCUT2D eigenvalue weighted by molar-refractivity contribution is -0.146. The number of hydrogen-bond acceptors (Lipinski definition) is 5. The molecule has 0 fully saturated rings. The van der Waals surface area contributed by atoms with Crippen LogP contribution in [0.4, 0.5) is 4.79 Å². The number of benzene rings is 1. The predicted molar refractivity (Wildman–Crippen MR) is 143 cm³/mol. The fraction of sp³-hybridized carbons (Fsp3) is 0.679. The Bertz CT molecular complexity index is 835. The van der Waals surface area contributed by atoms with E-state index >= 15 is 0 Å². The fourth-order valence-electron chi connectivity index (χ4n) is 3.85. The molecule has 1 aromatic carbocycles. The van der Waals surface area contributed by atoms with Crippen LogP contribution in [0.25, 0.3) is 0 Å². The minimum atomic E-state index is -0.915. The van der Waals surface area contributed by atoms with Crippen LogP contribution >= 0.6 is 0 Å². The van der Waals surface area contributed by atoms with Gasteiger partial charge in [-0.15, -0.1) is 0 Å². The molecule has 0 spiro atoms. The fourth-order valence-corrected chi connectivity index (χ4v) is 3.85. The largest absolute Gasteiger partial charge is 0.508 e. The summed E-state index contributed by atoms with van der Waals surface area (Å²) in [6, 6.07) is 4.27. The van der Waals surface area contributed by atoms with Crippen LogP contribution in [0.1, 0.15) is 99.1 Å². The summed E-state index contributed by atoms with van der Waals surface area (Å²) in [4.78, 5) is 41.9. The number of rotatable bonds is 13. The normalized spacial score (nSPS) is 14.8. The third kappa shape index (κ3) is 9.70. The molecule has 0 bridgehead atoms. The monoisotopic (exact) mass is 505 g/mol.